The Kier molecular flexibility index (Phi) is 4.55. The Balaban J connectivity index is 1.83. The lowest BCUT2D eigenvalue weighted by Gasteiger charge is -2.22. The van der Waals surface area contributed by atoms with Gasteiger partial charge in [-0.3, -0.25) is 0 Å². The lowest BCUT2D eigenvalue weighted by molar-refractivity contribution is 0.413. The molecular formula is C13H19NOS. The SMILES string of the molecule is COc1cccc(CNC2CCCSC2)c1. The number of rotatable bonds is 4. The average Bonchev–Trinajstić information content (AvgIpc) is 2.38. The number of hydrogen-bond donors (Lipinski definition) is 1. The summed E-state index contributed by atoms with van der Waals surface area (Å²) in [4.78, 5) is 0. The Bertz CT molecular complexity index is 323. The van der Waals surface area contributed by atoms with Gasteiger partial charge in [0.2, 0.25) is 0 Å². The molecule has 16 heavy (non-hydrogen) atoms. The molecule has 0 aliphatic carbocycles. The summed E-state index contributed by atoms with van der Waals surface area (Å²) in [5.74, 6) is 3.53. The smallest absolute Gasteiger partial charge is 0.119 e. The molecule has 3 heteroatoms. The van der Waals surface area contributed by atoms with Crippen molar-refractivity contribution in [1.82, 2.24) is 5.32 Å². The summed E-state index contributed by atoms with van der Waals surface area (Å²) in [6, 6.07) is 8.96. The van der Waals surface area contributed by atoms with Crippen LogP contribution in [0.1, 0.15) is 18.4 Å². The quantitative estimate of drug-likeness (QED) is 0.870. The van der Waals surface area contributed by atoms with Crippen LogP contribution in [0.2, 0.25) is 0 Å². The molecule has 1 unspecified atom stereocenters. The van der Waals surface area contributed by atoms with Gasteiger partial charge in [-0.05, 0) is 36.3 Å². The molecule has 1 N–H and O–H groups in total. The first-order valence-corrected chi connectivity index (χ1v) is 6.98. The van der Waals surface area contributed by atoms with E-state index in [9.17, 15) is 0 Å². The first kappa shape index (κ1) is 11.8. The number of benzene rings is 1. The second-order valence-corrected chi connectivity index (χ2v) is 5.30. The molecule has 2 nitrogen and oxygen atoms in total. The van der Waals surface area contributed by atoms with Gasteiger partial charge in [0.15, 0.2) is 0 Å². The Labute approximate surface area is 102 Å². The van der Waals surface area contributed by atoms with Gasteiger partial charge in [0.05, 0.1) is 7.11 Å². The van der Waals surface area contributed by atoms with E-state index >= 15 is 0 Å². The van der Waals surface area contributed by atoms with Crippen molar-refractivity contribution in [3.05, 3.63) is 29.8 Å². The maximum Gasteiger partial charge on any atom is 0.119 e. The molecule has 0 aromatic heterocycles. The molecule has 88 valence electrons. The van der Waals surface area contributed by atoms with Crippen LogP contribution in [0, 0.1) is 0 Å². The van der Waals surface area contributed by atoms with Crippen molar-refractivity contribution >= 4 is 11.8 Å². The number of methoxy groups -OCH3 is 1. The molecule has 1 saturated heterocycles. The van der Waals surface area contributed by atoms with E-state index in [-0.39, 0.29) is 0 Å². The first-order chi connectivity index (χ1) is 7.88. The van der Waals surface area contributed by atoms with Crippen molar-refractivity contribution in [3.63, 3.8) is 0 Å². The fourth-order valence-corrected chi connectivity index (χ4v) is 3.05. The fraction of sp³-hybridized carbons (Fsp3) is 0.538. The van der Waals surface area contributed by atoms with E-state index in [1.165, 1.54) is 29.9 Å². The van der Waals surface area contributed by atoms with E-state index < -0.39 is 0 Å². The van der Waals surface area contributed by atoms with Gasteiger partial charge in [-0.15, -0.1) is 0 Å². The minimum Gasteiger partial charge on any atom is -0.497 e. The van der Waals surface area contributed by atoms with E-state index in [1.807, 2.05) is 12.1 Å². The van der Waals surface area contributed by atoms with Crippen LogP contribution in [0.4, 0.5) is 0 Å². The third kappa shape index (κ3) is 3.42. The highest BCUT2D eigenvalue weighted by Gasteiger charge is 2.12. The highest BCUT2D eigenvalue weighted by molar-refractivity contribution is 7.99. The normalized spacial score (nSPS) is 20.7. The summed E-state index contributed by atoms with van der Waals surface area (Å²) in [5, 5.41) is 3.61. The van der Waals surface area contributed by atoms with Crippen LogP contribution in [0.15, 0.2) is 24.3 Å². The molecule has 1 atom stereocenters. The summed E-state index contributed by atoms with van der Waals surface area (Å²) in [7, 11) is 1.71. The van der Waals surface area contributed by atoms with Gasteiger partial charge in [0, 0.05) is 18.3 Å². The zero-order valence-corrected chi connectivity index (χ0v) is 10.6. The van der Waals surface area contributed by atoms with Gasteiger partial charge < -0.3 is 10.1 Å². The molecule has 1 aromatic rings. The molecule has 0 amide bonds. The third-order valence-electron chi connectivity index (χ3n) is 2.89. The summed E-state index contributed by atoms with van der Waals surface area (Å²) < 4.78 is 5.21. The second kappa shape index (κ2) is 6.16. The van der Waals surface area contributed by atoms with Crippen LogP contribution in [0.5, 0.6) is 5.75 Å². The van der Waals surface area contributed by atoms with Gasteiger partial charge in [-0.25, -0.2) is 0 Å². The minimum absolute atomic E-state index is 0.685. The van der Waals surface area contributed by atoms with Crippen molar-refractivity contribution in [1.29, 1.82) is 0 Å². The van der Waals surface area contributed by atoms with E-state index in [0.29, 0.717) is 6.04 Å². The molecule has 2 rings (SSSR count). The zero-order chi connectivity index (χ0) is 11.2. The Morgan fingerprint density at radius 1 is 1.50 bits per heavy atom. The van der Waals surface area contributed by atoms with Gasteiger partial charge in [0.1, 0.15) is 5.75 Å². The number of thioether (sulfide) groups is 1. The Hall–Kier alpha value is -0.670. The fourth-order valence-electron chi connectivity index (χ4n) is 1.95. The van der Waals surface area contributed by atoms with E-state index in [2.05, 4.69) is 29.2 Å². The first-order valence-electron chi connectivity index (χ1n) is 5.82. The number of hydrogen-bond acceptors (Lipinski definition) is 3. The highest BCUT2D eigenvalue weighted by Crippen LogP contribution is 2.18. The van der Waals surface area contributed by atoms with Crippen LogP contribution >= 0.6 is 11.8 Å². The number of ether oxygens (including phenoxy) is 1. The topological polar surface area (TPSA) is 21.3 Å². The molecule has 1 fully saturated rings. The predicted molar refractivity (Wildman–Crippen MR) is 70.2 cm³/mol. The largest absolute Gasteiger partial charge is 0.497 e. The minimum atomic E-state index is 0.685. The van der Waals surface area contributed by atoms with Crippen molar-refractivity contribution < 1.29 is 4.74 Å². The maximum atomic E-state index is 5.21. The van der Waals surface area contributed by atoms with Crippen molar-refractivity contribution in [2.75, 3.05) is 18.6 Å². The van der Waals surface area contributed by atoms with Gasteiger partial charge in [-0.2, -0.15) is 11.8 Å². The zero-order valence-electron chi connectivity index (χ0n) is 9.74. The van der Waals surface area contributed by atoms with Crippen molar-refractivity contribution in [2.24, 2.45) is 0 Å². The summed E-state index contributed by atoms with van der Waals surface area (Å²) in [5.41, 5.74) is 1.30. The summed E-state index contributed by atoms with van der Waals surface area (Å²) in [6.07, 6.45) is 2.66. The highest BCUT2D eigenvalue weighted by atomic mass is 32.2. The van der Waals surface area contributed by atoms with Crippen molar-refractivity contribution in [2.45, 2.75) is 25.4 Å². The predicted octanol–water partition coefficient (Wildman–Crippen LogP) is 2.68. The molecule has 1 aromatic carbocycles. The Morgan fingerprint density at radius 2 is 2.44 bits per heavy atom. The van der Waals surface area contributed by atoms with Crippen LogP contribution < -0.4 is 10.1 Å². The molecule has 0 spiro atoms. The monoisotopic (exact) mass is 237 g/mol. The van der Waals surface area contributed by atoms with E-state index in [4.69, 9.17) is 4.74 Å². The summed E-state index contributed by atoms with van der Waals surface area (Å²) >= 11 is 2.06. The molecule has 1 aliphatic heterocycles. The molecule has 0 radical (unpaired) electrons. The lowest BCUT2D eigenvalue weighted by atomic mass is 10.1. The summed E-state index contributed by atoms with van der Waals surface area (Å²) in [6.45, 7) is 0.947. The van der Waals surface area contributed by atoms with E-state index in [1.54, 1.807) is 7.11 Å². The maximum absolute atomic E-state index is 5.21. The molecule has 0 bridgehead atoms. The van der Waals surface area contributed by atoms with E-state index in [0.717, 1.165) is 12.3 Å². The lowest BCUT2D eigenvalue weighted by Crippen LogP contribution is -2.33. The third-order valence-corrected chi connectivity index (χ3v) is 4.10. The molecule has 1 aliphatic rings. The van der Waals surface area contributed by atoms with Crippen LogP contribution in [-0.2, 0) is 6.54 Å². The molecule has 1 heterocycles. The molecule has 0 saturated carbocycles. The van der Waals surface area contributed by atoms with Crippen LogP contribution in [0.3, 0.4) is 0 Å². The number of nitrogens with one attached hydrogen (secondary N) is 1. The van der Waals surface area contributed by atoms with Crippen molar-refractivity contribution in [3.8, 4) is 5.75 Å². The molecular weight excluding hydrogens is 218 g/mol. The standard InChI is InChI=1S/C13H19NOS/c1-15-13-6-2-4-11(8-13)9-14-12-5-3-7-16-10-12/h2,4,6,8,12,14H,3,5,7,9-10H2,1H3. The second-order valence-electron chi connectivity index (χ2n) is 4.15. The Morgan fingerprint density at radius 3 is 3.19 bits per heavy atom. The van der Waals surface area contributed by atoms with Gasteiger partial charge >= 0.3 is 0 Å². The van der Waals surface area contributed by atoms with Gasteiger partial charge in [-0.1, -0.05) is 12.1 Å². The van der Waals surface area contributed by atoms with Crippen LogP contribution in [0.25, 0.3) is 0 Å². The van der Waals surface area contributed by atoms with Gasteiger partial charge in [0.25, 0.3) is 0 Å². The van der Waals surface area contributed by atoms with Crippen LogP contribution in [-0.4, -0.2) is 24.7 Å². The average molecular weight is 237 g/mol.